The highest BCUT2D eigenvalue weighted by molar-refractivity contribution is 6.03. The van der Waals surface area contributed by atoms with Crippen LogP contribution in [-0.4, -0.2) is 36.5 Å². The van der Waals surface area contributed by atoms with Crippen LogP contribution in [0, 0.1) is 0 Å². The number of anilines is 2. The zero-order chi connectivity index (χ0) is 17.4. The Morgan fingerprint density at radius 3 is 2.76 bits per heavy atom. The molecule has 2 aliphatic rings. The molecule has 4 rings (SSSR count). The topological polar surface area (TPSA) is 75.9 Å². The van der Waals surface area contributed by atoms with Crippen molar-refractivity contribution in [3.63, 3.8) is 0 Å². The average molecular weight is 337 g/mol. The van der Waals surface area contributed by atoms with Gasteiger partial charge in [-0.3, -0.25) is 9.59 Å². The fourth-order valence-corrected chi connectivity index (χ4v) is 3.41. The monoisotopic (exact) mass is 337 g/mol. The maximum Gasteiger partial charge on any atom is 0.256 e. The molecule has 128 valence electrons. The van der Waals surface area contributed by atoms with Crippen LogP contribution in [0.3, 0.4) is 0 Å². The van der Waals surface area contributed by atoms with Crippen molar-refractivity contribution in [3.8, 4) is 0 Å². The number of fused-ring (bicyclic) bond motifs is 1. The Labute approximate surface area is 145 Å². The molecule has 0 atom stereocenters. The third-order valence-electron chi connectivity index (χ3n) is 4.63. The van der Waals surface area contributed by atoms with Gasteiger partial charge >= 0.3 is 0 Å². The number of nitrogens with two attached hydrogens (primary N) is 1. The minimum Gasteiger partial charge on any atom is -0.398 e. The number of hydrogen-bond acceptors (Lipinski definition) is 4. The minimum absolute atomic E-state index is 0.0408. The van der Waals surface area contributed by atoms with E-state index in [2.05, 4.69) is 0 Å². The molecule has 2 heterocycles. The van der Waals surface area contributed by atoms with E-state index in [0.29, 0.717) is 37.5 Å². The third kappa shape index (κ3) is 2.85. The van der Waals surface area contributed by atoms with E-state index in [1.807, 2.05) is 36.4 Å². The Kier molecular flexibility index (Phi) is 3.89. The zero-order valence-corrected chi connectivity index (χ0v) is 13.8. The Hall–Kier alpha value is -2.86. The molecule has 2 aromatic carbocycles. The van der Waals surface area contributed by atoms with E-state index in [4.69, 9.17) is 10.5 Å². The van der Waals surface area contributed by atoms with Crippen LogP contribution in [0.4, 0.5) is 11.4 Å². The number of morpholine rings is 1. The first-order valence-electron chi connectivity index (χ1n) is 8.27. The second-order valence-electron chi connectivity index (χ2n) is 6.31. The first-order valence-corrected chi connectivity index (χ1v) is 8.27. The van der Waals surface area contributed by atoms with E-state index < -0.39 is 0 Å². The van der Waals surface area contributed by atoms with Crippen LogP contribution in [0.5, 0.6) is 0 Å². The number of amides is 2. The highest BCUT2D eigenvalue weighted by Crippen LogP contribution is 2.29. The molecule has 2 amide bonds. The summed E-state index contributed by atoms with van der Waals surface area (Å²) >= 11 is 0. The van der Waals surface area contributed by atoms with Crippen molar-refractivity contribution in [3.05, 3.63) is 59.2 Å². The molecule has 0 aromatic heterocycles. The molecule has 0 unspecified atom stereocenters. The van der Waals surface area contributed by atoms with Crippen molar-refractivity contribution in [1.82, 2.24) is 4.90 Å². The molecule has 0 bridgehead atoms. The largest absolute Gasteiger partial charge is 0.398 e. The molecule has 0 spiro atoms. The summed E-state index contributed by atoms with van der Waals surface area (Å²) in [6.07, 6.45) is 0. The van der Waals surface area contributed by atoms with Crippen LogP contribution in [0.15, 0.2) is 42.5 Å². The van der Waals surface area contributed by atoms with E-state index >= 15 is 0 Å². The number of hydrogen-bond donors (Lipinski definition) is 1. The van der Waals surface area contributed by atoms with Crippen molar-refractivity contribution >= 4 is 23.2 Å². The summed E-state index contributed by atoms with van der Waals surface area (Å²) in [4.78, 5) is 28.1. The summed E-state index contributed by atoms with van der Waals surface area (Å²) in [5.41, 5.74) is 9.88. The number of carbonyl (C=O) groups excluding carboxylic acids is 2. The predicted molar refractivity (Wildman–Crippen MR) is 94.0 cm³/mol. The van der Waals surface area contributed by atoms with Gasteiger partial charge in [0.25, 0.3) is 11.8 Å². The summed E-state index contributed by atoms with van der Waals surface area (Å²) in [6.45, 7) is 2.24. The Balaban J connectivity index is 1.54. The molecule has 0 saturated carbocycles. The standard InChI is InChI=1S/C19H19N3O3/c20-16-6-2-4-14-11-21(19(24)18(14)16)10-13-3-1-5-15(9-13)22-7-8-25-12-17(22)23/h1-6,9H,7-8,10-12,20H2. The quantitative estimate of drug-likeness (QED) is 0.867. The summed E-state index contributed by atoms with van der Waals surface area (Å²) in [5.74, 6) is -0.0817. The lowest BCUT2D eigenvalue weighted by molar-refractivity contribution is -0.125. The van der Waals surface area contributed by atoms with Crippen LogP contribution in [0.25, 0.3) is 0 Å². The van der Waals surface area contributed by atoms with Gasteiger partial charge in [-0.15, -0.1) is 0 Å². The van der Waals surface area contributed by atoms with Gasteiger partial charge in [-0.25, -0.2) is 0 Å². The van der Waals surface area contributed by atoms with Gasteiger partial charge in [0.2, 0.25) is 0 Å². The van der Waals surface area contributed by atoms with Crippen LogP contribution in [-0.2, 0) is 22.6 Å². The third-order valence-corrected chi connectivity index (χ3v) is 4.63. The summed E-state index contributed by atoms with van der Waals surface area (Å²) in [5, 5.41) is 0. The van der Waals surface area contributed by atoms with E-state index in [9.17, 15) is 9.59 Å². The number of nitrogen functional groups attached to an aromatic ring is 1. The molecule has 1 saturated heterocycles. The number of rotatable bonds is 3. The van der Waals surface area contributed by atoms with Crippen LogP contribution >= 0.6 is 0 Å². The molecule has 0 aliphatic carbocycles. The molecular weight excluding hydrogens is 318 g/mol. The zero-order valence-electron chi connectivity index (χ0n) is 13.8. The van der Waals surface area contributed by atoms with E-state index in [1.165, 1.54) is 0 Å². The first-order chi connectivity index (χ1) is 12.1. The van der Waals surface area contributed by atoms with E-state index in [-0.39, 0.29) is 18.4 Å². The lowest BCUT2D eigenvalue weighted by Gasteiger charge is -2.27. The average Bonchev–Trinajstić information content (AvgIpc) is 2.93. The Morgan fingerprint density at radius 2 is 1.96 bits per heavy atom. The molecule has 1 fully saturated rings. The molecule has 6 nitrogen and oxygen atoms in total. The van der Waals surface area contributed by atoms with Gasteiger partial charge in [-0.05, 0) is 29.3 Å². The summed E-state index contributed by atoms with van der Waals surface area (Å²) < 4.78 is 5.18. The van der Waals surface area contributed by atoms with Crippen LogP contribution in [0.1, 0.15) is 21.5 Å². The number of carbonyl (C=O) groups is 2. The first kappa shape index (κ1) is 15.7. The highest BCUT2D eigenvalue weighted by atomic mass is 16.5. The molecule has 2 N–H and O–H groups in total. The fraction of sp³-hybridized carbons (Fsp3) is 0.263. The van der Waals surface area contributed by atoms with Crippen molar-refractivity contribution in [2.75, 3.05) is 30.4 Å². The van der Waals surface area contributed by atoms with Crippen molar-refractivity contribution < 1.29 is 14.3 Å². The van der Waals surface area contributed by atoms with Crippen molar-refractivity contribution in [2.24, 2.45) is 0 Å². The summed E-state index contributed by atoms with van der Waals surface area (Å²) in [6, 6.07) is 13.3. The minimum atomic E-state index is -0.0409. The maximum atomic E-state index is 12.6. The molecule has 0 radical (unpaired) electrons. The SMILES string of the molecule is Nc1cccc2c1C(=O)N(Cc1cccc(N3CCOCC3=O)c1)C2. The molecule has 6 heteroatoms. The van der Waals surface area contributed by atoms with Gasteiger partial charge in [-0.1, -0.05) is 24.3 Å². The molecular formula is C19H19N3O3. The molecule has 25 heavy (non-hydrogen) atoms. The maximum absolute atomic E-state index is 12.6. The lowest BCUT2D eigenvalue weighted by Crippen LogP contribution is -2.41. The van der Waals surface area contributed by atoms with Gasteiger partial charge in [0.15, 0.2) is 0 Å². The van der Waals surface area contributed by atoms with E-state index in [0.717, 1.165) is 16.8 Å². The predicted octanol–water partition coefficient (Wildman–Crippen LogP) is 1.79. The highest BCUT2D eigenvalue weighted by Gasteiger charge is 2.29. The second-order valence-corrected chi connectivity index (χ2v) is 6.31. The van der Waals surface area contributed by atoms with Crippen LogP contribution in [0.2, 0.25) is 0 Å². The van der Waals surface area contributed by atoms with Gasteiger partial charge in [-0.2, -0.15) is 0 Å². The van der Waals surface area contributed by atoms with Crippen molar-refractivity contribution in [2.45, 2.75) is 13.1 Å². The number of ether oxygens (including phenoxy) is 1. The van der Waals surface area contributed by atoms with Gasteiger partial charge < -0.3 is 20.3 Å². The van der Waals surface area contributed by atoms with Crippen molar-refractivity contribution in [1.29, 1.82) is 0 Å². The fourth-order valence-electron chi connectivity index (χ4n) is 3.41. The van der Waals surface area contributed by atoms with Gasteiger partial charge in [0.1, 0.15) is 6.61 Å². The second kappa shape index (κ2) is 6.22. The van der Waals surface area contributed by atoms with Gasteiger partial charge in [0, 0.05) is 31.0 Å². The number of nitrogens with zero attached hydrogens (tertiary/aromatic N) is 2. The van der Waals surface area contributed by atoms with Gasteiger partial charge in [0.05, 0.1) is 12.2 Å². The molecule has 2 aromatic rings. The Morgan fingerprint density at radius 1 is 1.12 bits per heavy atom. The Bertz CT molecular complexity index is 850. The molecule has 2 aliphatic heterocycles. The van der Waals surface area contributed by atoms with E-state index in [1.54, 1.807) is 15.9 Å². The normalized spacial score (nSPS) is 17.1. The smallest absolute Gasteiger partial charge is 0.256 e. The summed E-state index contributed by atoms with van der Waals surface area (Å²) in [7, 11) is 0. The van der Waals surface area contributed by atoms with Crippen LogP contribution < -0.4 is 10.6 Å². The lowest BCUT2D eigenvalue weighted by atomic mass is 10.1. The number of benzene rings is 2.